The number of rotatable bonds is 7. The van der Waals surface area contributed by atoms with E-state index in [1.807, 2.05) is 23.6 Å². The Labute approximate surface area is 137 Å². The Morgan fingerprint density at radius 1 is 1.22 bits per heavy atom. The van der Waals surface area contributed by atoms with E-state index in [9.17, 15) is 4.79 Å². The Balaban J connectivity index is 1.43. The second kappa shape index (κ2) is 7.64. The van der Waals surface area contributed by atoms with E-state index in [1.54, 1.807) is 23.7 Å². The Morgan fingerprint density at radius 3 is 2.87 bits per heavy atom. The first-order valence-electron chi connectivity index (χ1n) is 7.33. The van der Waals surface area contributed by atoms with Crippen LogP contribution in [0.5, 0.6) is 0 Å². The molecule has 3 aromatic rings. The van der Waals surface area contributed by atoms with E-state index in [0.717, 1.165) is 12.0 Å². The van der Waals surface area contributed by atoms with Gasteiger partial charge in [-0.1, -0.05) is 11.2 Å². The van der Waals surface area contributed by atoms with Gasteiger partial charge in [-0.25, -0.2) is 0 Å². The second-order valence-electron chi connectivity index (χ2n) is 4.93. The van der Waals surface area contributed by atoms with Gasteiger partial charge in [-0.05, 0) is 30.0 Å². The minimum atomic E-state index is -0.00906. The summed E-state index contributed by atoms with van der Waals surface area (Å²) in [6.07, 6.45) is 4.97. The molecule has 0 atom stereocenters. The first kappa shape index (κ1) is 15.4. The average molecular weight is 328 g/mol. The summed E-state index contributed by atoms with van der Waals surface area (Å²) in [5.74, 6) is 0.968. The summed E-state index contributed by atoms with van der Waals surface area (Å²) < 4.78 is 5.17. The molecule has 0 saturated carbocycles. The molecule has 0 aliphatic carbocycles. The second-order valence-corrected chi connectivity index (χ2v) is 5.96. The minimum Gasteiger partial charge on any atom is -0.356 e. The van der Waals surface area contributed by atoms with Gasteiger partial charge < -0.3 is 9.84 Å². The molecule has 0 radical (unpaired) electrons. The maximum absolute atomic E-state index is 11.8. The number of hydrogen-bond acceptors (Lipinski definition) is 6. The Bertz CT molecular complexity index is 741. The monoisotopic (exact) mass is 328 g/mol. The molecular weight excluding hydrogens is 312 g/mol. The molecule has 118 valence electrons. The van der Waals surface area contributed by atoms with E-state index in [1.165, 1.54) is 4.88 Å². The van der Waals surface area contributed by atoms with Gasteiger partial charge in [-0.2, -0.15) is 4.98 Å². The van der Waals surface area contributed by atoms with Gasteiger partial charge in [-0.15, -0.1) is 11.3 Å². The number of nitrogens with one attached hydrogen (secondary N) is 1. The minimum absolute atomic E-state index is 0.00906. The van der Waals surface area contributed by atoms with Crippen LogP contribution in [0.15, 0.2) is 46.6 Å². The summed E-state index contributed by atoms with van der Waals surface area (Å²) in [4.78, 5) is 21.3. The highest BCUT2D eigenvalue weighted by atomic mass is 32.1. The SMILES string of the molecule is O=C(CCc1nc(-c2ccncc2)no1)NCCc1cccs1. The van der Waals surface area contributed by atoms with E-state index >= 15 is 0 Å². The van der Waals surface area contributed by atoms with Crippen molar-refractivity contribution in [1.29, 1.82) is 0 Å². The van der Waals surface area contributed by atoms with Gasteiger partial charge in [0.05, 0.1) is 0 Å². The van der Waals surface area contributed by atoms with Crippen molar-refractivity contribution in [3.8, 4) is 11.4 Å². The van der Waals surface area contributed by atoms with Crippen molar-refractivity contribution >= 4 is 17.2 Å². The van der Waals surface area contributed by atoms with Crippen molar-refractivity contribution in [2.75, 3.05) is 6.54 Å². The highest BCUT2D eigenvalue weighted by molar-refractivity contribution is 7.09. The molecule has 3 heterocycles. The van der Waals surface area contributed by atoms with Crippen LogP contribution in [0.25, 0.3) is 11.4 Å². The summed E-state index contributed by atoms with van der Waals surface area (Å²) in [5.41, 5.74) is 0.843. The maximum atomic E-state index is 11.8. The van der Waals surface area contributed by atoms with Crippen LogP contribution >= 0.6 is 11.3 Å². The first-order chi connectivity index (χ1) is 11.3. The molecule has 0 aliphatic rings. The van der Waals surface area contributed by atoms with Crippen LogP contribution in [0.2, 0.25) is 0 Å². The van der Waals surface area contributed by atoms with E-state index in [4.69, 9.17) is 4.52 Å². The van der Waals surface area contributed by atoms with E-state index in [2.05, 4.69) is 26.5 Å². The topological polar surface area (TPSA) is 80.9 Å². The van der Waals surface area contributed by atoms with Crippen LogP contribution < -0.4 is 5.32 Å². The van der Waals surface area contributed by atoms with Gasteiger partial charge in [0.1, 0.15) is 0 Å². The van der Waals surface area contributed by atoms with Crippen molar-refractivity contribution in [1.82, 2.24) is 20.4 Å². The number of carbonyl (C=O) groups is 1. The molecule has 0 bridgehead atoms. The predicted molar refractivity (Wildman–Crippen MR) is 86.9 cm³/mol. The Morgan fingerprint density at radius 2 is 2.09 bits per heavy atom. The largest absolute Gasteiger partial charge is 0.356 e. The quantitative estimate of drug-likeness (QED) is 0.720. The molecule has 6 nitrogen and oxygen atoms in total. The lowest BCUT2D eigenvalue weighted by atomic mass is 10.2. The molecule has 1 N–H and O–H groups in total. The van der Waals surface area contributed by atoms with Crippen LogP contribution in [0.3, 0.4) is 0 Å². The third-order valence-electron chi connectivity index (χ3n) is 3.25. The van der Waals surface area contributed by atoms with Crippen molar-refractivity contribution in [2.45, 2.75) is 19.3 Å². The molecule has 1 amide bonds. The summed E-state index contributed by atoms with van der Waals surface area (Å²) in [6.45, 7) is 0.644. The van der Waals surface area contributed by atoms with Crippen LogP contribution in [-0.4, -0.2) is 27.6 Å². The van der Waals surface area contributed by atoms with Gasteiger partial charge >= 0.3 is 0 Å². The highest BCUT2D eigenvalue weighted by Gasteiger charge is 2.10. The molecule has 3 rings (SSSR count). The number of aromatic nitrogens is 3. The average Bonchev–Trinajstić information content (AvgIpc) is 3.25. The predicted octanol–water partition coefficient (Wildman–Crippen LogP) is 2.48. The molecule has 23 heavy (non-hydrogen) atoms. The van der Waals surface area contributed by atoms with Gasteiger partial charge in [0.25, 0.3) is 0 Å². The van der Waals surface area contributed by atoms with Gasteiger partial charge in [0, 0.05) is 42.2 Å². The summed E-state index contributed by atoms with van der Waals surface area (Å²) in [6, 6.07) is 7.70. The summed E-state index contributed by atoms with van der Waals surface area (Å²) in [5, 5.41) is 8.85. The van der Waals surface area contributed by atoms with E-state index in [0.29, 0.717) is 31.1 Å². The highest BCUT2D eigenvalue weighted by Crippen LogP contribution is 2.14. The molecule has 0 fully saturated rings. The third kappa shape index (κ3) is 4.46. The lowest BCUT2D eigenvalue weighted by molar-refractivity contribution is -0.121. The fourth-order valence-electron chi connectivity index (χ4n) is 2.06. The fourth-order valence-corrected chi connectivity index (χ4v) is 2.77. The zero-order valence-electron chi connectivity index (χ0n) is 12.4. The molecule has 0 aromatic carbocycles. The Kier molecular flexibility index (Phi) is 5.10. The summed E-state index contributed by atoms with van der Waals surface area (Å²) in [7, 11) is 0. The lowest BCUT2D eigenvalue weighted by Gasteiger charge is -2.02. The molecule has 0 aliphatic heterocycles. The smallest absolute Gasteiger partial charge is 0.227 e. The first-order valence-corrected chi connectivity index (χ1v) is 8.21. The number of nitrogens with zero attached hydrogens (tertiary/aromatic N) is 3. The molecule has 0 spiro atoms. The van der Waals surface area contributed by atoms with Gasteiger partial charge in [0.2, 0.25) is 17.6 Å². The van der Waals surface area contributed by atoms with Crippen LogP contribution in [0, 0.1) is 0 Å². The van der Waals surface area contributed by atoms with Crippen molar-refractivity contribution in [3.63, 3.8) is 0 Å². The van der Waals surface area contributed by atoms with Crippen LogP contribution in [0.1, 0.15) is 17.2 Å². The zero-order valence-corrected chi connectivity index (χ0v) is 13.3. The fraction of sp³-hybridized carbons (Fsp3) is 0.250. The van der Waals surface area contributed by atoms with Crippen LogP contribution in [0.4, 0.5) is 0 Å². The summed E-state index contributed by atoms with van der Waals surface area (Å²) >= 11 is 1.70. The number of carbonyl (C=O) groups excluding carboxylic acids is 1. The molecular formula is C16H16N4O2S. The molecule has 0 saturated heterocycles. The Hall–Kier alpha value is -2.54. The van der Waals surface area contributed by atoms with E-state index < -0.39 is 0 Å². The van der Waals surface area contributed by atoms with Crippen molar-refractivity contribution < 1.29 is 9.32 Å². The normalized spacial score (nSPS) is 10.6. The maximum Gasteiger partial charge on any atom is 0.227 e. The van der Waals surface area contributed by atoms with Crippen molar-refractivity contribution in [3.05, 3.63) is 52.8 Å². The number of hydrogen-bond donors (Lipinski definition) is 1. The number of amides is 1. The standard InChI is InChI=1S/C16H16N4O2S/c21-14(18-10-7-13-2-1-11-23-13)3-4-15-19-16(20-22-15)12-5-8-17-9-6-12/h1-2,5-6,8-9,11H,3-4,7,10H2,(H,18,21). The van der Waals surface area contributed by atoms with Gasteiger partial charge in [0.15, 0.2) is 0 Å². The zero-order chi connectivity index (χ0) is 15.9. The molecule has 7 heteroatoms. The number of aryl methyl sites for hydroxylation is 1. The lowest BCUT2D eigenvalue weighted by Crippen LogP contribution is -2.25. The number of thiophene rings is 1. The van der Waals surface area contributed by atoms with Gasteiger partial charge in [-0.3, -0.25) is 9.78 Å². The van der Waals surface area contributed by atoms with Crippen LogP contribution in [-0.2, 0) is 17.6 Å². The number of pyridine rings is 1. The third-order valence-corrected chi connectivity index (χ3v) is 4.18. The molecule has 0 unspecified atom stereocenters. The van der Waals surface area contributed by atoms with Crippen molar-refractivity contribution in [2.24, 2.45) is 0 Å². The van der Waals surface area contributed by atoms with E-state index in [-0.39, 0.29) is 5.91 Å². The molecule has 3 aromatic heterocycles.